The summed E-state index contributed by atoms with van der Waals surface area (Å²) < 4.78 is 0.947. The Balaban J connectivity index is 2.63. The van der Waals surface area contributed by atoms with Gasteiger partial charge in [0.2, 0.25) is 5.95 Å². The second kappa shape index (κ2) is 4.56. The van der Waals surface area contributed by atoms with Crippen molar-refractivity contribution in [2.45, 2.75) is 20.8 Å². The summed E-state index contributed by atoms with van der Waals surface area (Å²) in [7, 11) is 0. The second-order valence-corrected chi connectivity index (χ2v) is 4.26. The number of halogens is 1. The zero-order valence-electron chi connectivity index (χ0n) is 8.13. The van der Waals surface area contributed by atoms with Crippen LogP contribution in [0.1, 0.15) is 19.5 Å². The highest BCUT2D eigenvalue weighted by Gasteiger charge is 2.00. The molecule has 1 aromatic heterocycles. The van der Waals surface area contributed by atoms with Gasteiger partial charge in [0.05, 0.1) is 10.2 Å². The maximum Gasteiger partial charge on any atom is 0.222 e. The van der Waals surface area contributed by atoms with Crippen LogP contribution in [-0.2, 0) is 0 Å². The van der Waals surface area contributed by atoms with Crippen LogP contribution in [0.3, 0.4) is 0 Å². The van der Waals surface area contributed by atoms with Gasteiger partial charge in [0.25, 0.3) is 0 Å². The van der Waals surface area contributed by atoms with Gasteiger partial charge in [-0.2, -0.15) is 0 Å². The molecule has 0 aromatic carbocycles. The molecule has 0 radical (unpaired) electrons. The first-order chi connectivity index (χ1) is 6.09. The number of hydrogen-bond donors (Lipinski definition) is 1. The van der Waals surface area contributed by atoms with E-state index in [0.717, 1.165) is 16.7 Å². The highest BCUT2D eigenvalue weighted by molar-refractivity contribution is 9.10. The van der Waals surface area contributed by atoms with Crippen molar-refractivity contribution in [3.05, 3.63) is 16.4 Å². The van der Waals surface area contributed by atoms with E-state index in [1.807, 2.05) is 6.92 Å². The van der Waals surface area contributed by atoms with E-state index in [2.05, 4.69) is 45.1 Å². The Bertz CT molecular complexity index is 286. The largest absolute Gasteiger partial charge is 0.354 e. The van der Waals surface area contributed by atoms with Crippen LogP contribution in [-0.4, -0.2) is 16.5 Å². The van der Waals surface area contributed by atoms with Gasteiger partial charge < -0.3 is 5.32 Å². The predicted octanol–water partition coefficient (Wildman–Crippen LogP) is 2.62. The Morgan fingerprint density at radius 3 is 2.77 bits per heavy atom. The van der Waals surface area contributed by atoms with Gasteiger partial charge in [0, 0.05) is 12.7 Å². The number of nitrogens with zero attached hydrogens (tertiary/aromatic N) is 2. The second-order valence-electron chi connectivity index (χ2n) is 3.40. The molecule has 0 spiro atoms. The smallest absolute Gasteiger partial charge is 0.222 e. The van der Waals surface area contributed by atoms with Crippen LogP contribution in [0.4, 0.5) is 5.95 Å². The topological polar surface area (TPSA) is 37.8 Å². The van der Waals surface area contributed by atoms with E-state index < -0.39 is 0 Å². The van der Waals surface area contributed by atoms with Crippen molar-refractivity contribution in [2.75, 3.05) is 11.9 Å². The maximum atomic E-state index is 4.28. The van der Waals surface area contributed by atoms with E-state index in [1.54, 1.807) is 6.20 Å². The summed E-state index contributed by atoms with van der Waals surface area (Å²) >= 11 is 3.36. The van der Waals surface area contributed by atoms with Crippen LogP contribution in [0.5, 0.6) is 0 Å². The maximum absolute atomic E-state index is 4.28. The lowest BCUT2D eigenvalue weighted by molar-refractivity contribution is 0.684. The molecule has 0 aliphatic carbocycles. The summed E-state index contributed by atoms with van der Waals surface area (Å²) in [5, 5.41) is 3.17. The van der Waals surface area contributed by atoms with Crippen molar-refractivity contribution in [2.24, 2.45) is 5.92 Å². The molecule has 3 nitrogen and oxygen atoms in total. The first kappa shape index (κ1) is 10.4. The summed E-state index contributed by atoms with van der Waals surface area (Å²) in [4.78, 5) is 8.42. The standard InChI is InChI=1S/C9H14BrN3/c1-6(2)4-11-9-12-5-8(10)7(3)13-9/h5-6H,4H2,1-3H3,(H,11,12,13). The summed E-state index contributed by atoms with van der Waals surface area (Å²) in [6, 6.07) is 0. The fraction of sp³-hybridized carbons (Fsp3) is 0.556. The Labute approximate surface area is 87.1 Å². The van der Waals surface area contributed by atoms with Gasteiger partial charge in [-0.15, -0.1) is 0 Å². The molecule has 0 unspecified atom stereocenters. The molecule has 4 heteroatoms. The molecule has 72 valence electrons. The summed E-state index contributed by atoms with van der Waals surface area (Å²) in [5.74, 6) is 1.31. The molecule has 0 bridgehead atoms. The SMILES string of the molecule is Cc1nc(NCC(C)C)ncc1Br. The fourth-order valence-electron chi connectivity index (χ4n) is 0.833. The molecule has 0 aliphatic heterocycles. The molecular formula is C9H14BrN3. The number of aromatic nitrogens is 2. The quantitative estimate of drug-likeness (QED) is 0.888. The first-order valence-corrected chi connectivity index (χ1v) is 5.12. The molecular weight excluding hydrogens is 230 g/mol. The Morgan fingerprint density at radius 2 is 2.23 bits per heavy atom. The van der Waals surface area contributed by atoms with E-state index in [0.29, 0.717) is 11.9 Å². The molecule has 1 N–H and O–H groups in total. The molecule has 0 aliphatic rings. The van der Waals surface area contributed by atoms with Crippen LogP contribution in [0.15, 0.2) is 10.7 Å². The van der Waals surface area contributed by atoms with Crippen molar-refractivity contribution in [3.63, 3.8) is 0 Å². The molecule has 13 heavy (non-hydrogen) atoms. The third-order valence-electron chi connectivity index (χ3n) is 1.59. The van der Waals surface area contributed by atoms with Gasteiger partial charge in [0.15, 0.2) is 0 Å². The summed E-state index contributed by atoms with van der Waals surface area (Å²) in [6.45, 7) is 7.16. The predicted molar refractivity (Wildman–Crippen MR) is 57.8 cm³/mol. The van der Waals surface area contributed by atoms with Crippen LogP contribution in [0.2, 0.25) is 0 Å². The molecule has 0 saturated carbocycles. The molecule has 1 aromatic rings. The Kier molecular flexibility index (Phi) is 3.66. The lowest BCUT2D eigenvalue weighted by Gasteiger charge is -2.07. The van der Waals surface area contributed by atoms with Crippen molar-refractivity contribution in [1.82, 2.24) is 9.97 Å². The van der Waals surface area contributed by atoms with Crippen molar-refractivity contribution >= 4 is 21.9 Å². The minimum Gasteiger partial charge on any atom is -0.354 e. The number of nitrogens with one attached hydrogen (secondary N) is 1. The highest BCUT2D eigenvalue weighted by Crippen LogP contribution is 2.13. The Morgan fingerprint density at radius 1 is 1.54 bits per heavy atom. The van der Waals surface area contributed by atoms with E-state index in [1.165, 1.54) is 0 Å². The molecule has 0 fully saturated rings. The molecule has 1 heterocycles. The van der Waals surface area contributed by atoms with Gasteiger partial charge in [0.1, 0.15) is 0 Å². The minimum absolute atomic E-state index is 0.604. The average Bonchev–Trinajstić information content (AvgIpc) is 2.07. The van der Waals surface area contributed by atoms with Gasteiger partial charge in [-0.05, 0) is 28.8 Å². The normalized spacial score (nSPS) is 10.5. The van der Waals surface area contributed by atoms with Gasteiger partial charge in [-0.1, -0.05) is 13.8 Å². The zero-order chi connectivity index (χ0) is 9.84. The Hall–Kier alpha value is -0.640. The summed E-state index contributed by atoms with van der Waals surface area (Å²) in [5.41, 5.74) is 0.959. The van der Waals surface area contributed by atoms with Crippen LogP contribution >= 0.6 is 15.9 Å². The zero-order valence-corrected chi connectivity index (χ0v) is 9.72. The highest BCUT2D eigenvalue weighted by atomic mass is 79.9. The number of aryl methyl sites for hydroxylation is 1. The van der Waals surface area contributed by atoms with E-state index in [-0.39, 0.29) is 0 Å². The van der Waals surface area contributed by atoms with Gasteiger partial charge >= 0.3 is 0 Å². The lowest BCUT2D eigenvalue weighted by Crippen LogP contribution is -2.10. The van der Waals surface area contributed by atoms with Gasteiger partial charge in [-0.3, -0.25) is 0 Å². The fourth-order valence-corrected chi connectivity index (χ4v) is 1.02. The lowest BCUT2D eigenvalue weighted by atomic mass is 10.2. The van der Waals surface area contributed by atoms with Crippen molar-refractivity contribution in [3.8, 4) is 0 Å². The summed E-state index contributed by atoms with van der Waals surface area (Å²) in [6.07, 6.45) is 1.77. The molecule has 0 saturated heterocycles. The molecule has 0 atom stereocenters. The third kappa shape index (κ3) is 3.30. The van der Waals surface area contributed by atoms with Crippen molar-refractivity contribution < 1.29 is 0 Å². The van der Waals surface area contributed by atoms with Gasteiger partial charge in [-0.25, -0.2) is 9.97 Å². The molecule has 1 rings (SSSR count). The number of rotatable bonds is 3. The van der Waals surface area contributed by atoms with E-state index >= 15 is 0 Å². The monoisotopic (exact) mass is 243 g/mol. The first-order valence-electron chi connectivity index (χ1n) is 4.32. The number of anilines is 1. The van der Waals surface area contributed by atoms with Crippen LogP contribution in [0.25, 0.3) is 0 Å². The van der Waals surface area contributed by atoms with E-state index in [9.17, 15) is 0 Å². The van der Waals surface area contributed by atoms with Crippen LogP contribution < -0.4 is 5.32 Å². The minimum atomic E-state index is 0.604. The average molecular weight is 244 g/mol. The number of hydrogen-bond acceptors (Lipinski definition) is 3. The molecule has 0 amide bonds. The van der Waals surface area contributed by atoms with Crippen molar-refractivity contribution in [1.29, 1.82) is 0 Å². The van der Waals surface area contributed by atoms with Crippen LogP contribution in [0, 0.1) is 12.8 Å². The van der Waals surface area contributed by atoms with E-state index in [4.69, 9.17) is 0 Å². The third-order valence-corrected chi connectivity index (χ3v) is 2.37.